The zero-order valence-electron chi connectivity index (χ0n) is 74.0. The standard InChI is InChI=1S/2C63H42N2O2/c1-63(2)52-38-55(65(40-21-7-4-8-22-40)54-32-18-30-50-45-26-14-16-34-57(45)67-62(50)54)43-24-10-12-28-47(43)58(52)59-46-27-11-9-23-42(46)51-37-41(35-36-48(51)60(59)63)64(39-19-5-3-6-20-39)53-31-17-29-49-44-25-13-15-33-56(44)66-61(49)53;1-63(2)54-38-55(65(40-19-7-4-8-20-40)43-30-33-49-47-24-14-16-28-57(47)67-59(49)37-43)45-22-10-12-26-51(45)60(54)61-50-25-11-9-21-44(50)53-35-41(31-34-52(53)62(61)63)64(39-17-5-3-6-18-39)42-29-32-48-46-23-13-15-27-56(46)66-58(48)36-42/h2*3-38H,1-2H3. The summed E-state index contributed by atoms with van der Waals surface area (Å²) in [5, 5.41) is 23.7. The van der Waals surface area contributed by atoms with Gasteiger partial charge in [0.15, 0.2) is 11.2 Å². The Morgan fingerprint density at radius 2 is 0.425 bits per heavy atom. The van der Waals surface area contributed by atoms with Crippen LogP contribution in [0.5, 0.6) is 0 Å². The van der Waals surface area contributed by atoms with Crippen LogP contribution < -0.4 is 19.6 Å². The molecule has 0 saturated heterocycles. The molecule has 0 saturated carbocycles. The number of para-hydroxylation sites is 10. The highest BCUT2D eigenvalue weighted by atomic mass is 16.3. The van der Waals surface area contributed by atoms with Gasteiger partial charge in [0.25, 0.3) is 0 Å². The van der Waals surface area contributed by atoms with Gasteiger partial charge >= 0.3 is 0 Å². The molecule has 0 N–H and O–H groups in total. The van der Waals surface area contributed by atoms with E-state index in [0.29, 0.717) is 0 Å². The molecule has 0 fully saturated rings. The Bertz CT molecular complexity index is 9370. The number of hydrogen-bond donors (Lipinski definition) is 0. The molecule has 4 aromatic heterocycles. The molecule has 2 aliphatic rings. The average Bonchev–Trinajstić information content (AvgIpc) is 1.53. The molecule has 0 unspecified atom stereocenters. The van der Waals surface area contributed by atoms with Gasteiger partial charge in [-0.2, -0.15) is 0 Å². The summed E-state index contributed by atoms with van der Waals surface area (Å²) in [4.78, 5) is 9.54. The van der Waals surface area contributed by atoms with E-state index in [0.717, 1.165) is 156 Å². The van der Waals surface area contributed by atoms with Crippen LogP contribution in [0.15, 0.2) is 454 Å². The van der Waals surface area contributed by atoms with Crippen LogP contribution in [0.2, 0.25) is 0 Å². The number of fused-ring (bicyclic) bond motifs is 32. The number of nitrogens with zero attached hydrogens (tertiary/aromatic N) is 4. The second kappa shape index (κ2) is 29.7. The lowest BCUT2D eigenvalue weighted by molar-refractivity contribution is 0.666. The van der Waals surface area contributed by atoms with Crippen molar-refractivity contribution in [2.24, 2.45) is 0 Å². The largest absolute Gasteiger partial charge is 0.456 e. The van der Waals surface area contributed by atoms with Gasteiger partial charge in [-0.3, -0.25) is 0 Å². The molecule has 0 bridgehead atoms. The summed E-state index contributed by atoms with van der Waals surface area (Å²) in [6, 6.07) is 158. The maximum atomic E-state index is 6.77. The van der Waals surface area contributed by atoms with Gasteiger partial charge in [0, 0.05) is 122 Å². The topological polar surface area (TPSA) is 65.5 Å². The van der Waals surface area contributed by atoms with Crippen LogP contribution >= 0.6 is 0 Å². The first-order valence-corrected chi connectivity index (χ1v) is 46.2. The SMILES string of the molecule is CC1(C)c2cc(N(c3ccccc3)c3ccc4c(c3)oc3ccccc34)c3ccccc3c2-c2c1c1ccc(N(c3ccccc3)c3ccc4c(c3)oc3ccccc34)cc1c1ccccc21.CC1(C)c2cc(N(c3ccccc3)c3cccc4c3oc3ccccc34)c3ccccc3c2-c2c1c1ccc(N(c3ccccc3)c3cccc4c3oc3ccccc34)cc1c1ccccc21. The highest BCUT2D eigenvalue weighted by molar-refractivity contribution is 6.27. The van der Waals surface area contributed by atoms with Crippen LogP contribution in [-0.4, -0.2) is 0 Å². The van der Waals surface area contributed by atoms with Crippen molar-refractivity contribution in [2.75, 3.05) is 19.6 Å². The molecular formula is C126H84N4O4. The van der Waals surface area contributed by atoms with Gasteiger partial charge in [0.05, 0.1) is 22.7 Å². The van der Waals surface area contributed by atoms with Gasteiger partial charge in [-0.05, 0) is 244 Å². The molecule has 0 aliphatic heterocycles. The van der Waals surface area contributed by atoms with Gasteiger partial charge in [-0.1, -0.05) is 307 Å². The molecule has 22 aromatic carbocycles. The lowest BCUT2D eigenvalue weighted by Crippen LogP contribution is -2.17. The molecule has 0 amide bonds. The molecule has 2 aliphatic carbocycles. The van der Waals surface area contributed by atoms with Gasteiger partial charge < -0.3 is 37.3 Å². The fourth-order valence-corrected chi connectivity index (χ4v) is 22.9. The summed E-state index contributed by atoms with van der Waals surface area (Å²) in [5.74, 6) is 0. The molecule has 26 aromatic rings. The van der Waals surface area contributed by atoms with E-state index in [1.165, 1.54) is 109 Å². The van der Waals surface area contributed by atoms with Crippen molar-refractivity contribution >= 4 is 221 Å². The van der Waals surface area contributed by atoms with Crippen molar-refractivity contribution in [1.29, 1.82) is 0 Å². The summed E-state index contributed by atoms with van der Waals surface area (Å²) in [6.45, 7) is 9.68. The fraction of sp³-hybridized carbons (Fsp3) is 0.0476. The summed E-state index contributed by atoms with van der Waals surface area (Å²) in [5.41, 5.74) is 29.7. The fourth-order valence-electron chi connectivity index (χ4n) is 22.9. The molecular weight excluding hydrogens is 1630 g/mol. The first-order chi connectivity index (χ1) is 66.0. The highest BCUT2D eigenvalue weighted by Crippen LogP contribution is 2.63. The van der Waals surface area contributed by atoms with Gasteiger partial charge in [-0.15, -0.1) is 0 Å². The molecule has 8 nitrogen and oxygen atoms in total. The zero-order chi connectivity index (χ0) is 88.8. The molecule has 4 heterocycles. The average molecular weight is 1720 g/mol. The maximum Gasteiger partial charge on any atom is 0.159 e. The Labute approximate surface area is 772 Å². The van der Waals surface area contributed by atoms with E-state index in [1.54, 1.807) is 0 Å². The molecule has 632 valence electrons. The minimum atomic E-state index is -0.375. The first-order valence-electron chi connectivity index (χ1n) is 46.2. The Morgan fingerprint density at radius 3 is 0.836 bits per heavy atom. The van der Waals surface area contributed by atoms with Gasteiger partial charge in [0.2, 0.25) is 0 Å². The number of rotatable bonds is 12. The summed E-state index contributed by atoms with van der Waals surface area (Å²) in [6.07, 6.45) is 0. The first kappa shape index (κ1) is 76.8. The van der Waals surface area contributed by atoms with Crippen molar-refractivity contribution in [2.45, 2.75) is 38.5 Å². The summed E-state index contributed by atoms with van der Waals surface area (Å²) in [7, 11) is 0. The quantitative estimate of drug-likeness (QED) is 0.112. The molecule has 8 heteroatoms. The van der Waals surface area contributed by atoms with E-state index in [2.05, 4.69) is 448 Å². The Morgan fingerprint density at radius 1 is 0.157 bits per heavy atom. The third-order valence-corrected chi connectivity index (χ3v) is 28.7. The maximum absolute atomic E-state index is 6.77. The van der Waals surface area contributed by atoms with Crippen LogP contribution in [0, 0.1) is 0 Å². The summed E-state index contributed by atoms with van der Waals surface area (Å²) < 4.78 is 26.4. The molecule has 0 atom stereocenters. The van der Waals surface area contributed by atoms with Crippen molar-refractivity contribution in [1.82, 2.24) is 0 Å². The lowest BCUT2D eigenvalue weighted by Gasteiger charge is -2.30. The molecule has 0 radical (unpaired) electrons. The minimum Gasteiger partial charge on any atom is -0.456 e. The van der Waals surface area contributed by atoms with E-state index in [9.17, 15) is 0 Å². The van der Waals surface area contributed by atoms with Gasteiger partial charge in [0.1, 0.15) is 33.5 Å². The van der Waals surface area contributed by atoms with E-state index in [-0.39, 0.29) is 10.8 Å². The van der Waals surface area contributed by atoms with Crippen LogP contribution in [0.4, 0.5) is 68.2 Å². The Kier molecular flexibility index (Phi) is 17.0. The van der Waals surface area contributed by atoms with Crippen molar-refractivity contribution in [3.8, 4) is 22.3 Å². The summed E-state index contributed by atoms with van der Waals surface area (Å²) >= 11 is 0. The van der Waals surface area contributed by atoms with E-state index in [4.69, 9.17) is 17.7 Å². The minimum absolute atomic E-state index is 0.357. The van der Waals surface area contributed by atoms with Crippen LogP contribution in [0.25, 0.3) is 175 Å². The van der Waals surface area contributed by atoms with Crippen LogP contribution in [0.1, 0.15) is 49.9 Å². The van der Waals surface area contributed by atoms with E-state index < -0.39 is 0 Å². The number of benzene rings is 22. The molecule has 28 rings (SSSR count). The Hall–Kier alpha value is -17.2. The van der Waals surface area contributed by atoms with Crippen molar-refractivity contribution < 1.29 is 17.7 Å². The van der Waals surface area contributed by atoms with E-state index in [1.807, 2.05) is 36.4 Å². The van der Waals surface area contributed by atoms with Gasteiger partial charge in [-0.25, -0.2) is 0 Å². The zero-order valence-corrected chi connectivity index (χ0v) is 74.0. The van der Waals surface area contributed by atoms with Crippen molar-refractivity contribution in [3.05, 3.63) is 459 Å². The van der Waals surface area contributed by atoms with E-state index >= 15 is 0 Å². The smallest absolute Gasteiger partial charge is 0.159 e. The monoisotopic (exact) mass is 1720 g/mol. The third-order valence-electron chi connectivity index (χ3n) is 28.7. The highest BCUT2D eigenvalue weighted by Gasteiger charge is 2.44. The Balaban J connectivity index is 0.000000136. The number of anilines is 12. The predicted octanol–water partition coefficient (Wildman–Crippen LogP) is 36.4. The number of furan rings is 4. The van der Waals surface area contributed by atoms with Crippen LogP contribution in [-0.2, 0) is 10.8 Å². The predicted molar refractivity (Wildman–Crippen MR) is 561 cm³/mol. The van der Waals surface area contributed by atoms with Crippen molar-refractivity contribution in [3.63, 3.8) is 0 Å². The molecule has 0 spiro atoms. The van der Waals surface area contributed by atoms with Crippen LogP contribution in [0.3, 0.4) is 0 Å². The second-order valence-electron chi connectivity index (χ2n) is 36.8. The third kappa shape index (κ3) is 11.5. The normalized spacial score (nSPS) is 13.0. The second-order valence-corrected chi connectivity index (χ2v) is 36.8. The number of hydrogen-bond acceptors (Lipinski definition) is 8. The molecule has 134 heavy (non-hydrogen) atoms. The lowest BCUT2D eigenvalue weighted by atomic mass is 9.79.